The summed E-state index contributed by atoms with van der Waals surface area (Å²) in [6, 6.07) is 70.0. The number of para-hydroxylation sites is 5. The van der Waals surface area contributed by atoms with Crippen LogP contribution in [0.1, 0.15) is 0 Å². The third-order valence-electron chi connectivity index (χ3n) is 10.6. The van der Waals surface area contributed by atoms with Gasteiger partial charge >= 0.3 is 0 Å². The summed E-state index contributed by atoms with van der Waals surface area (Å²) in [5.74, 6) is 0.615. The van der Waals surface area contributed by atoms with Crippen LogP contribution in [-0.2, 0) is 0 Å². The van der Waals surface area contributed by atoms with Crippen molar-refractivity contribution in [2.45, 2.75) is 0 Å². The summed E-state index contributed by atoms with van der Waals surface area (Å²) in [5.41, 5.74) is 10.8. The van der Waals surface area contributed by atoms with E-state index in [1.165, 1.54) is 21.5 Å². The number of anilines is 6. The van der Waals surface area contributed by atoms with Crippen molar-refractivity contribution in [2.24, 2.45) is 0 Å². The number of fused-ring (bicyclic) bond motifs is 7. The Bertz CT molecular complexity index is 3170. The number of oxazole rings is 1. The molecule has 0 atom stereocenters. The first kappa shape index (κ1) is 31.9. The third kappa shape index (κ3) is 5.45. The van der Waals surface area contributed by atoms with Crippen LogP contribution in [0.4, 0.5) is 34.1 Å². The van der Waals surface area contributed by atoms with Gasteiger partial charge in [-0.05, 0) is 131 Å². The maximum atomic E-state index is 6.17. The summed E-state index contributed by atoms with van der Waals surface area (Å²) >= 11 is 0. The van der Waals surface area contributed by atoms with Gasteiger partial charge in [0.05, 0.1) is 0 Å². The van der Waals surface area contributed by atoms with E-state index in [1.54, 1.807) is 0 Å². The number of benzene rings is 9. The molecule has 0 aliphatic carbocycles. The van der Waals surface area contributed by atoms with Gasteiger partial charge in [-0.25, -0.2) is 4.98 Å². The van der Waals surface area contributed by atoms with Gasteiger partial charge in [0.2, 0.25) is 5.89 Å². The molecule has 0 fully saturated rings. The number of furan rings is 1. The van der Waals surface area contributed by atoms with Crippen molar-refractivity contribution in [3.8, 4) is 11.5 Å². The Morgan fingerprint density at radius 2 is 0.821 bits per heavy atom. The predicted molar refractivity (Wildman–Crippen MR) is 231 cm³/mol. The lowest BCUT2D eigenvalue weighted by Crippen LogP contribution is -2.10. The first-order chi connectivity index (χ1) is 27.7. The fourth-order valence-electron chi connectivity index (χ4n) is 7.97. The molecule has 5 heteroatoms. The summed E-state index contributed by atoms with van der Waals surface area (Å²) in [5, 5.41) is 6.97. The monoisotopic (exact) mass is 719 g/mol. The highest BCUT2D eigenvalue weighted by Crippen LogP contribution is 2.42. The van der Waals surface area contributed by atoms with Gasteiger partial charge in [0.15, 0.2) is 5.58 Å². The number of rotatable bonds is 7. The first-order valence-corrected chi connectivity index (χ1v) is 18.8. The van der Waals surface area contributed by atoms with Gasteiger partial charge in [-0.15, -0.1) is 0 Å². The van der Waals surface area contributed by atoms with Crippen molar-refractivity contribution in [2.75, 3.05) is 9.80 Å². The maximum absolute atomic E-state index is 6.17. The highest BCUT2D eigenvalue weighted by molar-refractivity contribution is 6.10. The minimum Gasteiger partial charge on any atom is -0.456 e. The molecule has 11 aromatic rings. The van der Waals surface area contributed by atoms with Crippen LogP contribution in [0.2, 0.25) is 0 Å². The Morgan fingerprint density at radius 1 is 0.321 bits per heavy atom. The first-order valence-electron chi connectivity index (χ1n) is 18.8. The molecule has 0 amide bonds. The van der Waals surface area contributed by atoms with Gasteiger partial charge in [-0.3, -0.25) is 0 Å². The minimum absolute atomic E-state index is 0.615. The van der Waals surface area contributed by atoms with Crippen molar-refractivity contribution in [1.29, 1.82) is 0 Å². The van der Waals surface area contributed by atoms with Crippen LogP contribution in [-0.4, -0.2) is 4.98 Å². The predicted octanol–water partition coefficient (Wildman–Crippen LogP) is 14.6. The van der Waals surface area contributed by atoms with Crippen LogP contribution in [0, 0.1) is 0 Å². The van der Waals surface area contributed by atoms with Crippen LogP contribution in [0.25, 0.3) is 66.0 Å². The third-order valence-corrected chi connectivity index (χ3v) is 10.6. The van der Waals surface area contributed by atoms with E-state index in [2.05, 4.69) is 174 Å². The zero-order valence-corrected chi connectivity index (χ0v) is 30.2. The van der Waals surface area contributed by atoms with E-state index in [9.17, 15) is 0 Å². The summed E-state index contributed by atoms with van der Waals surface area (Å²) in [6.07, 6.45) is 0. The Morgan fingerprint density at radius 3 is 1.48 bits per heavy atom. The Hall–Kier alpha value is -7.63. The van der Waals surface area contributed by atoms with E-state index < -0.39 is 0 Å². The molecule has 0 radical (unpaired) electrons. The molecule has 0 bridgehead atoms. The van der Waals surface area contributed by atoms with Crippen molar-refractivity contribution in [3.05, 3.63) is 200 Å². The number of nitrogens with zero attached hydrogens (tertiary/aromatic N) is 3. The SMILES string of the molecule is c1ccc(N(c2ccc(-c3nc4ccccc4o3)cc2)c2ccc3c(ccc4cc(N(c5ccccc5)c5ccc6oc7ccccc7c6c5)ccc43)c2)cc1. The molecule has 0 unspecified atom stereocenters. The lowest BCUT2D eigenvalue weighted by Gasteiger charge is -2.26. The molecule has 2 aromatic heterocycles. The molecule has 11 rings (SSSR count). The lowest BCUT2D eigenvalue weighted by atomic mass is 10.00. The number of aromatic nitrogens is 1. The average Bonchev–Trinajstić information content (AvgIpc) is 3.87. The summed E-state index contributed by atoms with van der Waals surface area (Å²) in [7, 11) is 0. The molecule has 56 heavy (non-hydrogen) atoms. The molecule has 0 spiro atoms. The zero-order chi connectivity index (χ0) is 37.0. The molecule has 0 saturated carbocycles. The normalized spacial score (nSPS) is 11.6. The molecule has 5 nitrogen and oxygen atoms in total. The lowest BCUT2D eigenvalue weighted by molar-refractivity contribution is 0.620. The molecule has 0 aliphatic rings. The Kier molecular flexibility index (Phi) is 7.42. The van der Waals surface area contributed by atoms with E-state index >= 15 is 0 Å². The van der Waals surface area contributed by atoms with E-state index in [0.717, 1.165) is 72.7 Å². The van der Waals surface area contributed by atoms with Crippen molar-refractivity contribution in [3.63, 3.8) is 0 Å². The molecule has 0 aliphatic heterocycles. The fraction of sp³-hybridized carbons (Fsp3) is 0. The Labute approximate surface area is 322 Å². The van der Waals surface area contributed by atoms with Crippen molar-refractivity contribution < 1.29 is 8.83 Å². The average molecular weight is 720 g/mol. The van der Waals surface area contributed by atoms with Gasteiger partial charge in [0.1, 0.15) is 16.7 Å². The van der Waals surface area contributed by atoms with Gasteiger partial charge < -0.3 is 18.6 Å². The van der Waals surface area contributed by atoms with Gasteiger partial charge in [-0.1, -0.05) is 91.0 Å². The smallest absolute Gasteiger partial charge is 0.227 e. The van der Waals surface area contributed by atoms with Crippen LogP contribution in [0.3, 0.4) is 0 Å². The summed E-state index contributed by atoms with van der Waals surface area (Å²) in [4.78, 5) is 9.32. The largest absolute Gasteiger partial charge is 0.456 e. The maximum Gasteiger partial charge on any atom is 0.227 e. The van der Waals surface area contributed by atoms with Crippen molar-refractivity contribution in [1.82, 2.24) is 4.98 Å². The van der Waals surface area contributed by atoms with Gasteiger partial charge in [0, 0.05) is 50.5 Å². The van der Waals surface area contributed by atoms with Crippen LogP contribution in [0.15, 0.2) is 209 Å². The molecular weight excluding hydrogens is 687 g/mol. The number of hydrogen-bond acceptors (Lipinski definition) is 5. The second-order valence-electron chi connectivity index (χ2n) is 14.0. The van der Waals surface area contributed by atoms with Crippen molar-refractivity contribution >= 4 is 88.7 Å². The highest BCUT2D eigenvalue weighted by atomic mass is 16.3. The zero-order valence-electron chi connectivity index (χ0n) is 30.2. The Balaban J connectivity index is 0.978. The second kappa shape index (κ2) is 13.0. The fourth-order valence-corrected chi connectivity index (χ4v) is 7.97. The van der Waals surface area contributed by atoms with Crippen LogP contribution >= 0.6 is 0 Å². The molecule has 2 heterocycles. The molecule has 264 valence electrons. The topological polar surface area (TPSA) is 45.7 Å². The quantitative estimate of drug-likeness (QED) is 0.153. The summed E-state index contributed by atoms with van der Waals surface area (Å²) in [6.45, 7) is 0. The van der Waals surface area contributed by atoms with E-state index in [4.69, 9.17) is 13.8 Å². The van der Waals surface area contributed by atoms with E-state index in [1.807, 2.05) is 36.4 Å². The summed E-state index contributed by atoms with van der Waals surface area (Å²) < 4.78 is 12.2. The molecule has 0 N–H and O–H groups in total. The second-order valence-corrected chi connectivity index (χ2v) is 14.0. The minimum atomic E-state index is 0.615. The standard InChI is InChI=1S/C51H33N3O2/c1-3-11-37(12-4-1)53(39-23-21-34(22-24-39)51-52-47-16-8-10-18-50(47)56-51)40-25-28-43-35(31-40)19-20-36-32-41(26-29-44(36)43)54(38-13-5-2-6-14-38)42-27-30-49-46(33-42)45-15-7-9-17-48(45)55-49/h1-33H. The van der Waals surface area contributed by atoms with Gasteiger partial charge in [0.25, 0.3) is 0 Å². The van der Waals surface area contributed by atoms with Crippen LogP contribution in [0.5, 0.6) is 0 Å². The highest BCUT2D eigenvalue weighted by Gasteiger charge is 2.18. The van der Waals surface area contributed by atoms with E-state index in [-0.39, 0.29) is 0 Å². The molecule has 9 aromatic carbocycles. The van der Waals surface area contributed by atoms with Crippen LogP contribution < -0.4 is 9.80 Å². The van der Waals surface area contributed by atoms with E-state index in [0.29, 0.717) is 5.89 Å². The van der Waals surface area contributed by atoms with Gasteiger partial charge in [-0.2, -0.15) is 0 Å². The molecular formula is C51H33N3O2. The molecule has 0 saturated heterocycles. The number of hydrogen-bond donors (Lipinski definition) is 0.